The molecule has 1 fully saturated rings. The van der Waals surface area contributed by atoms with Gasteiger partial charge in [0.2, 0.25) is 0 Å². The Morgan fingerprint density at radius 1 is 1.04 bits per heavy atom. The fraction of sp³-hybridized carbons (Fsp3) is 0.778. The van der Waals surface area contributed by atoms with Crippen molar-refractivity contribution in [3.8, 4) is 0 Å². The quantitative estimate of drug-likeness (QED) is 0.353. The maximum Gasteiger partial charge on any atom is 0.437 e. The Kier molecular flexibility index (Phi) is 6.89. The molecule has 1 saturated carbocycles. The molecule has 0 unspecified atom stereocenters. The molecule has 0 aromatic carbocycles. The van der Waals surface area contributed by atoms with Crippen molar-refractivity contribution in [3.05, 3.63) is 12.2 Å². The minimum absolute atomic E-state index is 0.0640. The first kappa shape index (κ1) is 24.3. The topological polar surface area (TPSA) is 52.6 Å². The number of alkyl halides is 6. The zero-order chi connectivity index (χ0) is 22.1. The van der Waals surface area contributed by atoms with Crippen LogP contribution in [-0.4, -0.2) is 35.5 Å². The fourth-order valence-electron chi connectivity index (χ4n) is 3.15. The average Bonchev–Trinajstić information content (AvgIpc) is 2.50. The molecule has 10 heteroatoms. The van der Waals surface area contributed by atoms with Gasteiger partial charge < -0.3 is 9.47 Å². The van der Waals surface area contributed by atoms with Crippen LogP contribution in [0.15, 0.2) is 12.2 Å². The molecular weight excluding hydrogens is 394 g/mol. The van der Waals surface area contributed by atoms with Crippen LogP contribution in [0.3, 0.4) is 0 Å². The summed E-state index contributed by atoms with van der Waals surface area (Å²) < 4.78 is 91.5. The van der Waals surface area contributed by atoms with Crippen LogP contribution in [0.2, 0.25) is 0 Å². The maximum absolute atomic E-state index is 13.7. The van der Waals surface area contributed by atoms with Crippen LogP contribution >= 0.6 is 0 Å². The number of halogens is 6. The van der Waals surface area contributed by atoms with Gasteiger partial charge in [0.05, 0.1) is 5.92 Å². The largest absolute Gasteiger partial charge is 0.456 e. The number of carbonyl (C=O) groups excluding carboxylic acids is 2. The fourth-order valence-corrected chi connectivity index (χ4v) is 3.15. The first-order valence-electron chi connectivity index (χ1n) is 8.72. The molecular formula is C18H24F6O4. The molecule has 162 valence electrons. The van der Waals surface area contributed by atoms with Crippen molar-refractivity contribution in [2.45, 2.75) is 76.9 Å². The number of esters is 2. The molecule has 0 heterocycles. The number of hydrogen-bond acceptors (Lipinski definition) is 4. The first-order chi connectivity index (χ1) is 12.5. The third-order valence-electron chi connectivity index (χ3n) is 4.88. The predicted octanol–water partition coefficient (Wildman–Crippen LogP) is 5.12. The minimum Gasteiger partial charge on any atom is -0.456 e. The Labute approximate surface area is 159 Å². The first-order valence-corrected chi connectivity index (χ1v) is 8.72. The predicted molar refractivity (Wildman–Crippen MR) is 87.0 cm³/mol. The van der Waals surface area contributed by atoms with Crippen molar-refractivity contribution in [2.75, 3.05) is 0 Å². The SMILES string of the molecule is C=C(C)C(=O)OC1(C)CCC(C(OC(=O)C(C)C)(C(F)(F)F)C(F)(F)F)CC1. The second-order valence-electron chi connectivity index (χ2n) is 7.70. The van der Waals surface area contributed by atoms with E-state index in [2.05, 4.69) is 11.3 Å². The summed E-state index contributed by atoms with van der Waals surface area (Å²) in [6.45, 7) is 8.50. The molecule has 1 aliphatic rings. The van der Waals surface area contributed by atoms with Gasteiger partial charge in [-0.2, -0.15) is 26.3 Å². The molecule has 1 aliphatic carbocycles. The van der Waals surface area contributed by atoms with E-state index in [-0.39, 0.29) is 18.4 Å². The van der Waals surface area contributed by atoms with E-state index in [0.29, 0.717) is 0 Å². The summed E-state index contributed by atoms with van der Waals surface area (Å²) in [5.74, 6) is -5.58. The molecule has 0 radical (unpaired) electrons. The maximum atomic E-state index is 13.7. The molecule has 28 heavy (non-hydrogen) atoms. The van der Waals surface area contributed by atoms with Gasteiger partial charge in [-0.15, -0.1) is 0 Å². The summed E-state index contributed by atoms with van der Waals surface area (Å²) in [5, 5.41) is 0. The summed E-state index contributed by atoms with van der Waals surface area (Å²) >= 11 is 0. The second-order valence-corrected chi connectivity index (χ2v) is 7.70. The highest BCUT2D eigenvalue weighted by atomic mass is 19.4. The molecule has 1 rings (SSSR count). The molecule has 0 saturated heterocycles. The third kappa shape index (κ3) is 4.81. The summed E-state index contributed by atoms with van der Waals surface area (Å²) in [7, 11) is 0. The van der Waals surface area contributed by atoms with Crippen LogP contribution in [0.25, 0.3) is 0 Å². The van der Waals surface area contributed by atoms with Crippen LogP contribution < -0.4 is 0 Å². The zero-order valence-electron chi connectivity index (χ0n) is 16.1. The Bertz CT molecular complexity index is 599. The van der Waals surface area contributed by atoms with Crippen LogP contribution in [0.4, 0.5) is 26.3 Å². The van der Waals surface area contributed by atoms with Gasteiger partial charge in [-0.25, -0.2) is 4.79 Å². The van der Waals surface area contributed by atoms with E-state index >= 15 is 0 Å². The molecule has 0 spiro atoms. The lowest BCUT2D eigenvalue weighted by atomic mass is 9.71. The Balaban J connectivity index is 3.23. The standard InChI is InChI=1S/C18H24F6O4/c1-10(2)13(25)27-15(5)8-6-12(7-9-15)16(17(19,20)21,18(22,23)24)28-14(26)11(3)4/h11-12H,1,6-9H2,2-5H3. The van der Waals surface area contributed by atoms with Gasteiger partial charge in [-0.05, 0) is 39.5 Å². The van der Waals surface area contributed by atoms with Gasteiger partial charge >= 0.3 is 29.9 Å². The van der Waals surface area contributed by atoms with Gasteiger partial charge in [0.1, 0.15) is 5.60 Å². The minimum atomic E-state index is -5.86. The lowest BCUT2D eigenvalue weighted by molar-refractivity contribution is -0.389. The zero-order valence-corrected chi connectivity index (χ0v) is 16.1. The summed E-state index contributed by atoms with van der Waals surface area (Å²) in [6.07, 6.45) is -13.4. The van der Waals surface area contributed by atoms with Crippen LogP contribution in [-0.2, 0) is 19.1 Å². The molecule has 4 nitrogen and oxygen atoms in total. The lowest BCUT2D eigenvalue weighted by Crippen LogP contribution is -2.65. The van der Waals surface area contributed by atoms with Gasteiger partial charge in [0.15, 0.2) is 0 Å². The Morgan fingerprint density at radius 2 is 1.46 bits per heavy atom. The van der Waals surface area contributed by atoms with Gasteiger partial charge in [0, 0.05) is 11.5 Å². The molecule has 0 aromatic heterocycles. The van der Waals surface area contributed by atoms with Crippen LogP contribution in [0.5, 0.6) is 0 Å². The van der Waals surface area contributed by atoms with Crippen molar-refractivity contribution in [1.29, 1.82) is 0 Å². The van der Waals surface area contributed by atoms with E-state index in [1.54, 1.807) is 0 Å². The Hall–Kier alpha value is -1.74. The number of carbonyl (C=O) groups is 2. The van der Waals surface area contributed by atoms with Crippen LogP contribution in [0.1, 0.15) is 53.4 Å². The average molecular weight is 418 g/mol. The van der Waals surface area contributed by atoms with E-state index < -0.39 is 60.2 Å². The van der Waals surface area contributed by atoms with E-state index in [1.807, 2.05) is 0 Å². The molecule has 0 N–H and O–H groups in total. The van der Waals surface area contributed by atoms with E-state index in [4.69, 9.17) is 4.74 Å². The molecule has 0 aliphatic heterocycles. The highest BCUT2D eigenvalue weighted by Gasteiger charge is 2.77. The summed E-state index contributed by atoms with van der Waals surface area (Å²) in [4.78, 5) is 23.4. The highest BCUT2D eigenvalue weighted by molar-refractivity contribution is 5.87. The van der Waals surface area contributed by atoms with E-state index in [9.17, 15) is 35.9 Å². The molecule has 0 bridgehead atoms. The molecule has 0 atom stereocenters. The van der Waals surface area contributed by atoms with Crippen LogP contribution in [0, 0.1) is 11.8 Å². The highest BCUT2D eigenvalue weighted by Crippen LogP contribution is 2.55. The molecule has 0 amide bonds. The lowest BCUT2D eigenvalue weighted by Gasteiger charge is -2.46. The van der Waals surface area contributed by atoms with Gasteiger partial charge in [-0.3, -0.25) is 4.79 Å². The monoisotopic (exact) mass is 418 g/mol. The molecule has 0 aromatic rings. The van der Waals surface area contributed by atoms with Crippen molar-refractivity contribution >= 4 is 11.9 Å². The number of hydrogen-bond donors (Lipinski definition) is 0. The van der Waals surface area contributed by atoms with Crippen molar-refractivity contribution in [2.24, 2.45) is 11.8 Å². The van der Waals surface area contributed by atoms with Gasteiger partial charge in [-0.1, -0.05) is 20.4 Å². The van der Waals surface area contributed by atoms with Crippen molar-refractivity contribution in [1.82, 2.24) is 0 Å². The van der Waals surface area contributed by atoms with Crippen molar-refractivity contribution < 1.29 is 45.4 Å². The van der Waals surface area contributed by atoms with E-state index in [1.165, 1.54) is 13.8 Å². The third-order valence-corrected chi connectivity index (χ3v) is 4.88. The summed E-state index contributed by atoms with van der Waals surface area (Å²) in [5.41, 5.74) is -5.77. The summed E-state index contributed by atoms with van der Waals surface area (Å²) in [6, 6.07) is 0. The van der Waals surface area contributed by atoms with Crippen molar-refractivity contribution in [3.63, 3.8) is 0 Å². The number of rotatable bonds is 5. The smallest absolute Gasteiger partial charge is 0.437 e. The second kappa shape index (κ2) is 7.94. The number of ether oxygens (including phenoxy) is 2. The normalized spacial score (nSPS) is 24.0. The van der Waals surface area contributed by atoms with E-state index in [0.717, 1.165) is 13.8 Å². The Morgan fingerprint density at radius 3 is 1.79 bits per heavy atom. The van der Waals surface area contributed by atoms with Gasteiger partial charge in [0.25, 0.3) is 0 Å².